The lowest BCUT2D eigenvalue weighted by Gasteiger charge is -2.27. The van der Waals surface area contributed by atoms with Crippen LogP contribution in [-0.2, 0) is 4.74 Å². The zero-order valence-corrected chi connectivity index (χ0v) is 16.2. The van der Waals surface area contributed by atoms with E-state index in [4.69, 9.17) is 10.00 Å². The summed E-state index contributed by atoms with van der Waals surface area (Å²) in [5, 5.41) is 13.2. The summed E-state index contributed by atoms with van der Waals surface area (Å²) in [5.74, 6) is 0.586. The summed E-state index contributed by atoms with van der Waals surface area (Å²) in [4.78, 5) is 22.5. The number of amides is 1. The quantitative estimate of drug-likeness (QED) is 0.706. The number of H-pyrrole nitrogens is 1. The van der Waals surface area contributed by atoms with Crippen molar-refractivity contribution in [3.8, 4) is 6.07 Å². The van der Waals surface area contributed by atoms with Crippen molar-refractivity contribution < 1.29 is 9.53 Å². The minimum absolute atomic E-state index is 0. The number of fused-ring (bicyclic) bond motifs is 1. The number of benzene rings is 1. The molecule has 0 radical (unpaired) electrons. The van der Waals surface area contributed by atoms with Crippen molar-refractivity contribution in [1.29, 1.82) is 5.26 Å². The lowest BCUT2D eigenvalue weighted by atomic mass is 10.1. The van der Waals surface area contributed by atoms with Crippen LogP contribution in [-0.4, -0.2) is 47.1 Å². The number of aromatic amines is 1. The van der Waals surface area contributed by atoms with Gasteiger partial charge in [-0.15, -0.1) is 12.4 Å². The third-order valence-electron chi connectivity index (χ3n) is 4.69. The number of rotatable bonds is 3. The van der Waals surface area contributed by atoms with E-state index < -0.39 is 0 Å². The predicted octanol–water partition coefficient (Wildman–Crippen LogP) is 3.38. The van der Waals surface area contributed by atoms with Crippen molar-refractivity contribution in [2.75, 3.05) is 31.6 Å². The van der Waals surface area contributed by atoms with E-state index in [1.54, 1.807) is 23.2 Å². The highest BCUT2D eigenvalue weighted by Gasteiger charge is 2.23. The third kappa shape index (κ3) is 3.65. The lowest BCUT2D eigenvalue weighted by Crippen LogP contribution is -2.40. The van der Waals surface area contributed by atoms with Gasteiger partial charge in [0, 0.05) is 36.6 Å². The molecular formula is C20H20ClN5O2. The Bertz CT molecular complexity index is 1050. The van der Waals surface area contributed by atoms with Crippen LogP contribution in [0.3, 0.4) is 0 Å². The Hall–Kier alpha value is -3.08. The van der Waals surface area contributed by atoms with E-state index >= 15 is 0 Å². The maximum Gasteiger partial charge on any atom is 0.256 e. The number of hydrogen-bond acceptors (Lipinski definition) is 5. The van der Waals surface area contributed by atoms with Crippen LogP contribution in [0.25, 0.3) is 10.9 Å². The van der Waals surface area contributed by atoms with Crippen LogP contribution in [0.15, 0.2) is 36.7 Å². The SMILES string of the molecule is Cc1c[nH]c2c(Nc3cccc(C#N)c3)ncc(C(=O)N3CCOCC3)c12.Cl. The number of nitrogens with zero attached hydrogens (tertiary/aromatic N) is 3. The van der Waals surface area contributed by atoms with Gasteiger partial charge in [-0.05, 0) is 30.7 Å². The van der Waals surface area contributed by atoms with Gasteiger partial charge in [-0.1, -0.05) is 6.07 Å². The Labute approximate surface area is 168 Å². The van der Waals surface area contributed by atoms with E-state index in [9.17, 15) is 4.79 Å². The first kappa shape index (κ1) is 19.7. The van der Waals surface area contributed by atoms with Gasteiger partial charge in [0.1, 0.15) is 0 Å². The molecule has 1 aliphatic heterocycles. The second-order valence-electron chi connectivity index (χ2n) is 6.46. The van der Waals surface area contributed by atoms with Gasteiger partial charge in [0.15, 0.2) is 5.82 Å². The van der Waals surface area contributed by atoms with E-state index in [0.717, 1.165) is 22.2 Å². The maximum absolute atomic E-state index is 13.0. The van der Waals surface area contributed by atoms with Crippen LogP contribution in [0.2, 0.25) is 0 Å². The fourth-order valence-corrected chi connectivity index (χ4v) is 3.31. The molecule has 8 heteroatoms. The van der Waals surface area contributed by atoms with Crippen molar-refractivity contribution in [3.63, 3.8) is 0 Å². The van der Waals surface area contributed by atoms with Crippen LogP contribution in [0.4, 0.5) is 11.5 Å². The Kier molecular flexibility index (Phi) is 5.83. The van der Waals surface area contributed by atoms with Gasteiger partial charge in [-0.25, -0.2) is 4.98 Å². The predicted molar refractivity (Wildman–Crippen MR) is 109 cm³/mol. The zero-order valence-electron chi connectivity index (χ0n) is 15.4. The molecule has 0 unspecified atom stereocenters. The van der Waals surface area contributed by atoms with Crippen molar-refractivity contribution in [2.24, 2.45) is 0 Å². The largest absolute Gasteiger partial charge is 0.378 e. The zero-order chi connectivity index (χ0) is 18.8. The van der Waals surface area contributed by atoms with Crippen molar-refractivity contribution in [1.82, 2.24) is 14.9 Å². The maximum atomic E-state index is 13.0. The van der Waals surface area contributed by atoms with E-state index in [1.165, 1.54) is 0 Å². The summed E-state index contributed by atoms with van der Waals surface area (Å²) < 4.78 is 5.34. The van der Waals surface area contributed by atoms with Gasteiger partial charge in [0.2, 0.25) is 0 Å². The fourth-order valence-electron chi connectivity index (χ4n) is 3.31. The molecule has 1 amide bonds. The minimum Gasteiger partial charge on any atom is -0.378 e. The van der Waals surface area contributed by atoms with Gasteiger partial charge >= 0.3 is 0 Å². The molecule has 3 heterocycles. The molecule has 7 nitrogen and oxygen atoms in total. The first-order valence-corrected chi connectivity index (χ1v) is 8.78. The number of anilines is 2. The highest BCUT2D eigenvalue weighted by atomic mass is 35.5. The summed E-state index contributed by atoms with van der Waals surface area (Å²) in [6, 6.07) is 9.32. The molecule has 0 atom stereocenters. The van der Waals surface area contributed by atoms with E-state index in [0.29, 0.717) is 43.2 Å². The molecule has 1 fully saturated rings. The van der Waals surface area contributed by atoms with Crippen LogP contribution < -0.4 is 5.32 Å². The third-order valence-corrected chi connectivity index (χ3v) is 4.69. The number of ether oxygens (including phenoxy) is 1. The Morgan fingerprint density at radius 3 is 2.89 bits per heavy atom. The molecule has 0 bridgehead atoms. The van der Waals surface area contributed by atoms with E-state index in [2.05, 4.69) is 21.4 Å². The normalized spacial score (nSPS) is 13.6. The monoisotopic (exact) mass is 397 g/mol. The average Bonchev–Trinajstić information content (AvgIpc) is 3.11. The number of pyridine rings is 1. The van der Waals surface area contributed by atoms with E-state index in [-0.39, 0.29) is 18.3 Å². The molecule has 4 rings (SSSR count). The molecule has 2 aromatic heterocycles. The topological polar surface area (TPSA) is 94.0 Å². The van der Waals surface area contributed by atoms with Crippen LogP contribution in [0.5, 0.6) is 0 Å². The summed E-state index contributed by atoms with van der Waals surface area (Å²) in [5.41, 5.74) is 3.68. The van der Waals surface area contributed by atoms with Gasteiger partial charge in [-0.2, -0.15) is 5.26 Å². The molecule has 0 spiro atoms. The number of carbonyl (C=O) groups excluding carboxylic acids is 1. The molecule has 1 aliphatic rings. The second kappa shape index (κ2) is 8.30. The van der Waals surface area contributed by atoms with Crippen molar-refractivity contribution in [2.45, 2.75) is 6.92 Å². The number of carbonyl (C=O) groups is 1. The average molecular weight is 398 g/mol. The standard InChI is InChI=1S/C20H19N5O2.ClH/c1-13-11-22-18-17(13)16(20(26)25-5-7-27-8-6-25)12-23-19(18)24-15-4-2-3-14(9-15)10-21;/h2-4,9,11-12,22H,5-8H2,1H3,(H,23,24);1H. The van der Waals surface area contributed by atoms with Gasteiger partial charge in [0.25, 0.3) is 5.91 Å². The highest BCUT2D eigenvalue weighted by molar-refractivity contribution is 6.10. The molecule has 1 aromatic carbocycles. The minimum atomic E-state index is -0.0310. The molecule has 2 N–H and O–H groups in total. The van der Waals surface area contributed by atoms with Gasteiger partial charge in [0.05, 0.1) is 35.9 Å². The highest BCUT2D eigenvalue weighted by Crippen LogP contribution is 2.29. The Morgan fingerprint density at radius 2 is 2.14 bits per heavy atom. The van der Waals surface area contributed by atoms with Crippen LogP contribution in [0, 0.1) is 18.3 Å². The summed E-state index contributed by atoms with van der Waals surface area (Å²) in [6.45, 7) is 4.26. The van der Waals surface area contributed by atoms with Crippen LogP contribution in [0.1, 0.15) is 21.5 Å². The number of nitrogens with one attached hydrogen (secondary N) is 2. The number of halogens is 1. The summed E-state index contributed by atoms with van der Waals surface area (Å²) >= 11 is 0. The second-order valence-corrected chi connectivity index (χ2v) is 6.46. The number of aryl methyl sites for hydroxylation is 1. The molecular weight excluding hydrogens is 378 g/mol. The Balaban J connectivity index is 0.00000225. The van der Waals surface area contributed by atoms with Gasteiger partial charge in [-0.3, -0.25) is 4.79 Å². The molecule has 144 valence electrons. The molecule has 28 heavy (non-hydrogen) atoms. The molecule has 0 saturated carbocycles. The van der Waals surface area contributed by atoms with E-state index in [1.807, 2.05) is 25.3 Å². The van der Waals surface area contributed by atoms with Crippen molar-refractivity contribution >= 4 is 40.7 Å². The van der Waals surface area contributed by atoms with Crippen LogP contribution >= 0.6 is 12.4 Å². The number of aromatic nitrogens is 2. The first-order valence-electron chi connectivity index (χ1n) is 8.78. The lowest BCUT2D eigenvalue weighted by molar-refractivity contribution is 0.0304. The first-order chi connectivity index (χ1) is 13.2. The number of nitriles is 1. The summed E-state index contributed by atoms with van der Waals surface area (Å²) in [7, 11) is 0. The fraction of sp³-hybridized carbons (Fsp3) is 0.250. The smallest absolute Gasteiger partial charge is 0.256 e. The number of hydrogen-bond donors (Lipinski definition) is 2. The summed E-state index contributed by atoms with van der Waals surface area (Å²) in [6.07, 6.45) is 3.50. The molecule has 3 aromatic rings. The molecule has 0 aliphatic carbocycles. The molecule has 1 saturated heterocycles. The Morgan fingerprint density at radius 1 is 1.36 bits per heavy atom. The van der Waals surface area contributed by atoms with Gasteiger partial charge < -0.3 is 19.9 Å². The van der Waals surface area contributed by atoms with Crippen molar-refractivity contribution in [3.05, 3.63) is 53.3 Å². The number of morpholine rings is 1.